The summed E-state index contributed by atoms with van der Waals surface area (Å²) in [5, 5.41) is 0.321. The quantitative estimate of drug-likeness (QED) is 0.677. The van der Waals surface area contributed by atoms with Crippen molar-refractivity contribution >= 4 is 22.8 Å². The first kappa shape index (κ1) is 11.0. The number of rotatable bonds is 3. The van der Waals surface area contributed by atoms with Gasteiger partial charge in [0.2, 0.25) is 5.65 Å². The van der Waals surface area contributed by atoms with Crippen LogP contribution in [-0.2, 0) is 6.61 Å². The molecule has 0 fully saturated rings. The molecule has 0 aliphatic heterocycles. The number of aromatic nitrogens is 4. The highest BCUT2D eigenvalue weighted by Crippen LogP contribution is 2.16. The third-order valence-electron chi connectivity index (χ3n) is 2.47. The van der Waals surface area contributed by atoms with Gasteiger partial charge in [-0.15, -0.1) is 0 Å². The second-order valence-corrected chi connectivity index (χ2v) is 4.02. The van der Waals surface area contributed by atoms with Crippen molar-refractivity contribution < 1.29 is 4.84 Å². The van der Waals surface area contributed by atoms with E-state index in [-0.39, 0.29) is 0 Å². The fraction of sp³-hybridized carbons (Fsp3) is 0.0833. The van der Waals surface area contributed by atoms with E-state index >= 15 is 0 Å². The minimum atomic E-state index is 0.321. The summed E-state index contributed by atoms with van der Waals surface area (Å²) in [7, 11) is 0. The van der Waals surface area contributed by atoms with Gasteiger partial charge in [0.25, 0.3) is 0 Å². The van der Waals surface area contributed by atoms with Gasteiger partial charge >= 0.3 is 0 Å². The molecular weight excluding hydrogens is 252 g/mol. The van der Waals surface area contributed by atoms with Crippen molar-refractivity contribution in [3.63, 3.8) is 0 Å². The highest BCUT2D eigenvalue weighted by Gasteiger charge is 2.08. The maximum Gasteiger partial charge on any atom is 0.200 e. The van der Waals surface area contributed by atoms with Crippen LogP contribution >= 0.6 is 11.6 Å². The second kappa shape index (κ2) is 4.62. The minimum Gasteiger partial charge on any atom is -0.406 e. The Morgan fingerprint density at radius 3 is 2.78 bits per heavy atom. The first-order valence-corrected chi connectivity index (χ1v) is 5.73. The van der Waals surface area contributed by atoms with Gasteiger partial charge in [-0.3, -0.25) is 0 Å². The Morgan fingerprint density at radius 1 is 1.11 bits per heavy atom. The van der Waals surface area contributed by atoms with Crippen molar-refractivity contribution in [1.29, 1.82) is 0 Å². The molecule has 2 aromatic heterocycles. The van der Waals surface area contributed by atoms with Gasteiger partial charge in [0, 0.05) is 0 Å². The van der Waals surface area contributed by atoms with Crippen LogP contribution in [0.3, 0.4) is 0 Å². The minimum absolute atomic E-state index is 0.321. The molecule has 1 aromatic carbocycles. The number of benzene rings is 1. The molecule has 3 rings (SSSR count). The predicted molar refractivity (Wildman–Crippen MR) is 67.1 cm³/mol. The second-order valence-electron chi connectivity index (χ2n) is 3.67. The monoisotopic (exact) mass is 260 g/mol. The summed E-state index contributed by atoms with van der Waals surface area (Å²) in [6.07, 6.45) is 2.92. The summed E-state index contributed by atoms with van der Waals surface area (Å²) in [6.45, 7) is 0.438. The van der Waals surface area contributed by atoms with E-state index in [2.05, 4.69) is 15.0 Å². The highest BCUT2D eigenvalue weighted by molar-refractivity contribution is 6.33. The predicted octanol–water partition coefficient (Wildman–Crippen LogP) is 2.11. The average Bonchev–Trinajstić information content (AvgIpc) is 2.82. The van der Waals surface area contributed by atoms with E-state index in [1.54, 1.807) is 0 Å². The van der Waals surface area contributed by atoms with Crippen LogP contribution in [0.5, 0.6) is 0 Å². The molecule has 0 unspecified atom stereocenters. The van der Waals surface area contributed by atoms with Crippen LogP contribution in [0, 0.1) is 0 Å². The van der Waals surface area contributed by atoms with Crippen molar-refractivity contribution in [3.05, 3.63) is 53.7 Å². The van der Waals surface area contributed by atoms with Crippen molar-refractivity contribution in [2.24, 2.45) is 0 Å². The molecule has 0 aliphatic carbocycles. The summed E-state index contributed by atoms with van der Waals surface area (Å²) < 4.78 is 1.50. The number of halogens is 1. The Kier molecular flexibility index (Phi) is 2.82. The van der Waals surface area contributed by atoms with Gasteiger partial charge in [0.15, 0.2) is 5.15 Å². The molecule has 0 atom stereocenters. The summed E-state index contributed by atoms with van der Waals surface area (Å²) in [5.41, 5.74) is 2.16. The molecule has 0 saturated carbocycles. The van der Waals surface area contributed by atoms with Gasteiger partial charge in [-0.1, -0.05) is 41.9 Å². The van der Waals surface area contributed by atoms with Crippen LogP contribution in [0.15, 0.2) is 43.0 Å². The Bertz CT molecular complexity index is 668. The van der Waals surface area contributed by atoms with Gasteiger partial charge in [0.05, 0.1) is 0 Å². The van der Waals surface area contributed by atoms with Crippen molar-refractivity contribution in [1.82, 2.24) is 19.7 Å². The summed E-state index contributed by atoms with van der Waals surface area (Å²) in [5.74, 6) is 0. The molecule has 6 heteroatoms. The van der Waals surface area contributed by atoms with Gasteiger partial charge < -0.3 is 4.84 Å². The number of fused-ring (bicyclic) bond motifs is 1. The standard InChI is InChI=1S/C12H9ClN4O/c13-11-10-12(15-7-14-11)17(8-16-10)18-6-9-4-2-1-3-5-9/h1-5,7-8H,6H2. The molecule has 0 spiro atoms. The van der Waals surface area contributed by atoms with Crippen LogP contribution in [0.4, 0.5) is 0 Å². The Balaban J connectivity index is 1.85. The largest absolute Gasteiger partial charge is 0.406 e. The van der Waals surface area contributed by atoms with Crippen molar-refractivity contribution in [2.75, 3.05) is 0 Å². The van der Waals surface area contributed by atoms with E-state index in [1.807, 2.05) is 30.3 Å². The fourth-order valence-electron chi connectivity index (χ4n) is 1.60. The summed E-state index contributed by atoms with van der Waals surface area (Å²) >= 11 is 5.91. The lowest BCUT2D eigenvalue weighted by molar-refractivity contribution is 0.105. The molecule has 90 valence electrons. The molecule has 0 saturated heterocycles. The lowest BCUT2D eigenvalue weighted by atomic mass is 10.2. The van der Waals surface area contributed by atoms with Crippen LogP contribution < -0.4 is 4.84 Å². The first-order chi connectivity index (χ1) is 8.84. The van der Waals surface area contributed by atoms with Gasteiger partial charge in [-0.05, 0) is 5.56 Å². The fourth-order valence-corrected chi connectivity index (χ4v) is 1.78. The zero-order valence-corrected chi connectivity index (χ0v) is 10.1. The normalized spacial score (nSPS) is 10.7. The zero-order chi connectivity index (χ0) is 12.4. The van der Waals surface area contributed by atoms with Gasteiger partial charge in [0.1, 0.15) is 24.8 Å². The molecule has 0 bridgehead atoms. The maximum atomic E-state index is 5.91. The van der Waals surface area contributed by atoms with E-state index in [9.17, 15) is 0 Å². The first-order valence-electron chi connectivity index (χ1n) is 5.35. The highest BCUT2D eigenvalue weighted by atomic mass is 35.5. The smallest absolute Gasteiger partial charge is 0.200 e. The summed E-state index contributed by atoms with van der Waals surface area (Å²) in [6, 6.07) is 9.86. The molecule has 3 aromatic rings. The van der Waals surface area contributed by atoms with E-state index in [0.29, 0.717) is 22.9 Å². The van der Waals surface area contributed by atoms with Crippen molar-refractivity contribution in [3.8, 4) is 0 Å². The van der Waals surface area contributed by atoms with E-state index in [1.165, 1.54) is 17.4 Å². The molecule has 0 radical (unpaired) electrons. The molecule has 0 amide bonds. The topological polar surface area (TPSA) is 52.8 Å². The number of hydrogen-bond donors (Lipinski definition) is 0. The lowest BCUT2D eigenvalue weighted by Gasteiger charge is -2.06. The van der Waals surface area contributed by atoms with Gasteiger partial charge in [-0.2, -0.15) is 4.73 Å². The molecule has 5 nitrogen and oxygen atoms in total. The lowest BCUT2D eigenvalue weighted by Crippen LogP contribution is -2.10. The number of hydrogen-bond acceptors (Lipinski definition) is 4. The van der Waals surface area contributed by atoms with E-state index in [4.69, 9.17) is 16.4 Å². The van der Waals surface area contributed by atoms with Gasteiger partial charge in [-0.25, -0.2) is 15.0 Å². The third-order valence-corrected chi connectivity index (χ3v) is 2.75. The maximum absolute atomic E-state index is 5.91. The summed E-state index contributed by atoms with van der Waals surface area (Å²) in [4.78, 5) is 17.7. The number of imidazole rings is 1. The molecule has 0 N–H and O–H groups in total. The Hall–Kier alpha value is -2.14. The average molecular weight is 261 g/mol. The van der Waals surface area contributed by atoms with Crippen molar-refractivity contribution in [2.45, 2.75) is 6.61 Å². The number of nitrogens with zero attached hydrogens (tertiary/aromatic N) is 4. The third kappa shape index (κ3) is 2.00. The molecular formula is C12H9ClN4O. The van der Waals surface area contributed by atoms with Crippen LogP contribution in [0.2, 0.25) is 5.15 Å². The SMILES string of the molecule is Clc1ncnc2c1ncn2OCc1ccccc1. The van der Waals surface area contributed by atoms with Crippen LogP contribution in [-0.4, -0.2) is 19.7 Å². The van der Waals surface area contributed by atoms with Crippen LogP contribution in [0.25, 0.3) is 11.2 Å². The van der Waals surface area contributed by atoms with E-state index in [0.717, 1.165) is 5.56 Å². The van der Waals surface area contributed by atoms with Crippen LogP contribution in [0.1, 0.15) is 5.56 Å². The molecule has 0 aliphatic rings. The Morgan fingerprint density at radius 2 is 1.94 bits per heavy atom. The zero-order valence-electron chi connectivity index (χ0n) is 9.32. The Labute approximate surface area is 108 Å². The van der Waals surface area contributed by atoms with E-state index < -0.39 is 0 Å². The molecule has 18 heavy (non-hydrogen) atoms. The molecule has 2 heterocycles.